The summed E-state index contributed by atoms with van der Waals surface area (Å²) in [4.78, 5) is 27.3. The summed E-state index contributed by atoms with van der Waals surface area (Å²) in [6.45, 7) is 3.12. The number of nitrogens with one attached hydrogen (secondary N) is 2. The summed E-state index contributed by atoms with van der Waals surface area (Å²) in [6, 6.07) is 11.3. The topological polar surface area (TPSA) is 95.6 Å². The van der Waals surface area contributed by atoms with Crippen molar-refractivity contribution >= 4 is 27.5 Å². The molecule has 0 saturated carbocycles. The minimum absolute atomic E-state index is 0.114. The van der Waals surface area contributed by atoms with Crippen molar-refractivity contribution < 1.29 is 18.0 Å². The van der Waals surface area contributed by atoms with Gasteiger partial charge in [-0.25, -0.2) is 8.42 Å². The summed E-state index contributed by atoms with van der Waals surface area (Å²) >= 11 is 0. The number of benzene rings is 2. The molecule has 0 spiro atoms. The van der Waals surface area contributed by atoms with Gasteiger partial charge in [0.1, 0.15) is 6.04 Å². The Morgan fingerprint density at radius 2 is 1.73 bits per heavy atom. The van der Waals surface area contributed by atoms with Crippen LogP contribution in [0.1, 0.15) is 60.5 Å². The molecule has 33 heavy (non-hydrogen) atoms. The highest BCUT2D eigenvalue weighted by atomic mass is 32.2. The first-order chi connectivity index (χ1) is 15.9. The van der Waals surface area contributed by atoms with Gasteiger partial charge in [0.2, 0.25) is 5.91 Å². The van der Waals surface area contributed by atoms with Crippen LogP contribution in [0.15, 0.2) is 47.4 Å². The fourth-order valence-corrected chi connectivity index (χ4v) is 5.69. The predicted octanol–water partition coefficient (Wildman–Crippen LogP) is 3.50. The van der Waals surface area contributed by atoms with Crippen molar-refractivity contribution in [2.45, 2.75) is 62.8 Å². The highest BCUT2D eigenvalue weighted by molar-refractivity contribution is 7.92. The van der Waals surface area contributed by atoms with E-state index in [1.807, 2.05) is 13.0 Å². The van der Waals surface area contributed by atoms with E-state index in [4.69, 9.17) is 0 Å². The SMILES string of the molecule is CCCNC(=O)C1CCCN1C(=O)c1ccc(NS(=O)(=O)c2ccc3c(c2)CCCC3)cc1. The Morgan fingerprint density at radius 1 is 1.00 bits per heavy atom. The van der Waals surface area contributed by atoms with Gasteiger partial charge in [-0.3, -0.25) is 14.3 Å². The van der Waals surface area contributed by atoms with Crippen molar-refractivity contribution in [1.82, 2.24) is 10.2 Å². The monoisotopic (exact) mass is 469 g/mol. The number of anilines is 1. The normalized spacial score (nSPS) is 18.0. The van der Waals surface area contributed by atoms with Crippen LogP contribution in [-0.4, -0.2) is 44.3 Å². The second kappa shape index (κ2) is 9.95. The van der Waals surface area contributed by atoms with E-state index < -0.39 is 16.1 Å². The Bertz CT molecular complexity index is 1130. The zero-order valence-corrected chi connectivity index (χ0v) is 19.8. The molecule has 2 N–H and O–H groups in total. The molecule has 176 valence electrons. The minimum Gasteiger partial charge on any atom is -0.354 e. The van der Waals surface area contributed by atoms with Crippen LogP contribution in [0.2, 0.25) is 0 Å². The van der Waals surface area contributed by atoms with Crippen molar-refractivity contribution in [3.63, 3.8) is 0 Å². The highest BCUT2D eigenvalue weighted by Gasteiger charge is 2.34. The lowest BCUT2D eigenvalue weighted by atomic mass is 9.92. The minimum atomic E-state index is -3.72. The number of likely N-dealkylation sites (tertiary alicyclic amines) is 1. The van der Waals surface area contributed by atoms with Gasteiger partial charge in [-0.1, -0.05) is 13.0 Å². The number of fused-ring (bicyclic) bond motifs is 1. The number of hydrogen-bond acceptors (Lipinski definition) is 4. The molecule has 0 radical (unpaired) electrons. The first-order valence-electron chi connectivity index (χ1n) is 11.7. The molecule has 0 bridgehead atoms. The number of nitrogens with zero attached hydrogens (tertiary/aromatic N) is 1. The predicted molar refractivity (Wildman–Crippen MR) is 128 cm³/mol. The molecule has 1 aliphatic heterocycles. The Balaban J connectivity index is 1.44. The lowest BCUT2D eigenvalue weighted by Gasteiger charge is -2.24. The first-order valence-corrected chi connectivity index (χ1v) is 13.2. The summed E-state index contributed by atoms with van der Waals surface area (Å²) in [5.74, 6) is -0.328. The van der Waals surface area contributed by atoms with Crippen LogP contribution in [-0.2, 0) is 27.7 Å². The summed E-state index contributed by atoms with van der Waals surface area (Å²) in [5, 5.41) is 2.87. The van der Waals surface area contributed by atoms with Gasteiger partial charge in [0.15, 0.2) is 0 Å². The highest BCUT2D eigenvalue weighted by Crippen LogP contribution is 2.26. The van der Waals surface area contributed by atoms with Gasteiger partial charge in [0, 0.05) is 24.3 Å². The van der Waals surface area contributed by atoms with Crippen LogP contribution in [0, 0.1) is 0 Å². The molecule has 1 saturated heterocycles. The lowest BCUT2D eigenvalue weighted by Crippen LogP contribution is -2.46. The molecule has 2 aromatic carbocycles. The molecule has 2 amide bonds. The second-order valence-corrected chi connectivity index (χ2v) is 10.5. The first kappa shape index (κ1) is 23.3. The van der Waals surface area contributed by atoms with Gasteiger partial charge in [-0.2, -0.15) is 0 Å². The number of carbonyl (C=O) groups excluding carboxylic acids is 2. The van der Waals surface area contributed by atoms with E-state index in [0.717, 1.165) is 44.1 Å². The molecule has 4 rings (SSSR count). The van der Waals surface area contributed by atoms with Gasteiger partial charge in [0.05, 0.1) is 4.90 Å². The lowest BCUT2D eigenvalue weighted by molar-refractivity contribution is -0.124. The van der Waals surface area contributed by atoms with Crippen LogP contribution in [0.25, 0.3) is 0 Å². The average Bonchev–Trinajstić information content (AvgIpc) is 3.32. The van der Waals surface area contributed by atoms with E-state index in [2.05, 4.69) is 10.0 Å². The molecule has 0 aromatic heterocycles. The van der Waals surface area contributed by atoms with Crippen LogP contribution in [0.4, 0.5) is 5.69 Å². The molecule has 8 heteroatoms. The van der Waals surface area contributed by atoms with Crippen molar-refractivity contribution in [1.29, 1.82) is 0 Å². The maximum atomic E-state index is 13.0. The standard InChI is InChI=1S/C25H31N3O4S/c1-2-15-26-24(29)23-8-5-16-28(23)25(30)19-9-12-21(13-10-19)27-33(31,32)22-14-11-18-6-3-4-7-20(18)17-22/h9-14,17,23,27H,2-8,15-16H2,1H3,(H,26,29). The third-order valence-corrected chi connectivity index (χ3v) is 7.76. The zero-order valence-electron chi connectivity index (χ0n) is 19.0. The van der Waals surface area contributed by atoms with Crippen molar-refractivity contribution in [3.8, 4) is 0 Å². The average molecular weight is 470 g/mol. The second-order valence-electron chi connectivity index (χ2n) is 8.77. The number of hydrogen-bond donors (Lipinski definition) is 2. The summed E-state index contributed by atoms with van der Waals surface area (Å²) in [6.07, 6.45) is 6.41. The van der Waals surface area contributed by atoms with E-state index in [1.165, 1.54) is 5.56 Å². The molecular weight excluding hydrogens is 438 g/mol. The van der Waals surface area contributed by atoms with E-state index in [9.17, 15) is 18.0 Å². The van der Waals surface area contributed by atoms with Gasteiger partial charge >= 0.3 is 0 Å². The molecule has 1 fully saturated rings. The maximum Gasteiger partial charge on any atom is 0.261 e. The largest absolute Gasteiger partial charge is 0.354 e. The van der Waals surface area contributed by atoms with E-state index in [-0.39, 0.29) is 16.7 Å². The quantitative estimate of drug-likeness (QED) is 0.649. The summed E-state index contributed by atoms with van der Waals surface area (Å²) in [7, 11) is -3.72. The van der Waals surface area contributed by atoms with Crippen LogP contribution in [0.5, 0.6) is 0 Å². The van der Waals surface area contributed by atoms with Gasteiger partial charge in [-0.15, -0.1) is 0 Å². The molecule has 1 heterocycles. The molecule has 1 unspecified atom stereocenters. The Kier molecular flexibility index (Phi) is 7.02. The molecule has 1 atom stereocenters. The Hall–Kier alpha value is -2.87. The van der Waals surface area contributed by atoms with Gasteiger partial charge < -0.3 is 10.2 Å². The Labute approximate surface area is 195 Å². The fourth-order valence-electron chi connectivity index (χ4n) is 4.59. The molecule has 2 aliphatic rings. The maximum absolute atomic E-state index is 13.0. The third-order valence-electron chi connectivity index (χ3n) is 6.38. The van der Waals surface area contributed by atoms with Crippen LogP contribution < -0.4 is 10.0 Å². The smallest absolute Gasteiger partial charge is 0.261 e. The molecule has 7 nitrogen and oxygen atoms in total. The number of amides is 2. The summed E-state index contributed by atoms with van der Waals surface area (Å²) < 4.78 is 28.4. The fraction of sp³-hybridized carbons (Fsp3) is 0.440. The van der Waals surface area contributed by atoms with Crippen molar-refractivity contribution in [3.05, 3.63) is 59.2 Å². The molecule has 1 aliphatic carbocycles. The van der Waals surface area contributed by atoms with Crippen molar-refractivity contribution in [2.75, 3.05) is 17.8 Å². The number of aryl methyl sites for hydroxylation is 2. The molecular formula is C25H31N3O4S. The number of carbonyl (C=O) groups is 2. The van der Waals surface area contributed by atoms with Gasteiger partial charge in [-0.05, 0) is 92.5 Å². The van der Waals surface area contributed by atoms with E-state index in [1.54, 1.807) is 41.3 Å². The summed E-state index contributed by atoms with van der Waals surface area (Å²) in [5.41, 5.74) is 3.16. The van der Waals surface area contributed by atoms with Gasteiger partial charge in [0.25, 0.3) is 15.9 Å². The molecule has 2 aromatic rings. The van der Waals surface area contributed by atoms with E-state index in [0.29, 0.717) is 30.8 Å². The van der Waals surface area contributed by atoms with Crippen LogP contribution in [0.3, 0.4) is 0 Å². The third kappa shape index (κ3) is 5.21. The zero-order chi connectivity index (χ0) is 23.4. The van der Waals surface area contributed by atoms with Crippen LogP contribution >= 0.6 is 0 Å². The number of rotatable bonds is 7. The van der Waals surface area contributed by atoms with Crippen molar-refractivity contribution in [2.24, 2.45) is 0 Å². The number of sulfonamides is 1. The Morgan fingerprint density at radius 3 is 2.45 bits per heavy atom. The van der Waals surface area contributed by atoms with E-state index >= 15 is 0 Å².